The highest BCUT2D eigenvalue weighted by atomic mass is 16.5. The van der Waals surface area contributed by atoms with E-state index in [9.17, 15) is 0 Å². The third-order valence-electron chi connectivity index (χ3n) is 2.62. The van der Waals surface area contributed by atoms with E-state index in [0.717, 1.165) is 5.69 Å². The maximum atomic E-state index is 9.06. The number of aromatic nitrogens is 1. The minimum atomic E-state index is -0.329. The number of anilines is 1. The SMILES string of the molecule is CN(CC1(C#N)COC1)c1cccnc1. The second-order valence-electron chi connectivity index (χ2n) is 3.95. The summed E-state index contributed by atoms with van der Waals surface area (Å²) in [5.41, 5.74) is 0.698. The quantitative estimate of drug-likeness (QED) is 0.737. The molecule has 0 radical (unpaired) electrons. The van der Waals surface area contributed by atoms with Crippen LogP contribution < -0.4 is 4.90 Å². The van der Waals surface area contributed by atoms with Crippen molar-refractivity contribution in [3.8, 4) is 6.07 Å². The second kappa shape index (κ2) is 3.87. The van der Waals surface area contributed by atoms with Crippen molar-refractivity contribution in [3.05, 3.63) is 24.5 Å². The highest BCUT2D eigenvalue weighted by Gasteiger charge is 2.40. The van der Waals surface area contributed by atoms with Crippen molar-refractivity contribution in [1.29, 1.82) is 5.26 Å². The number of ether oxygens (including phenoxy) is 1. The molecule has 0 N–H and O–H groups in total. The van der Waals surface area contributed by atoms with Crippen molar-refractivity contribution in [2.24, 2.45) is 5.41 Å². The van der Waals surface area contributed by atoms with Gasteiger partial charge < -0.3 is 9.64 Å². The first-order chi connectivity index (χ1) is 7.26. The van der Waals surface area contributed by atoms with Crippen molar-refractivity contribution in [2.45, 2.75) is 0 Å². The van der Waals surface area contributed by atoms with E-state index in [2.05, 4.69) is 11.1 Å². The van der Waals surface area contributed by atoms with E-state index in [1.807, 2.05) is 24.1 Å². The topological polar surface area (TPSA) is 49.2 Å². The molecule has 15 heavy (non-hydrogen) atoms. The molecule has 0 atom stereocenters. The molecule has 1 aliphatic rings. The molecule has 0 amide bonds. The number of hydrogen-bond donors (Lipinski definition) is 0. The molecule has 78 valence electrons. The normalized spacial score (nSPS) is 17.6. The fourth-order valence-corrected chi connectivity index (χ4v) is 1.66. The third kappa shape index (κ3) is 1.92. The molecule has 1 aliphatic heterocycles. The molecule has 2 rings (SSSR count). The lowest BCUT2D eigenvalue weighted by Gasteiger charge is -2.38. The molecule has 0 spiro atoms. The number of hydrogen-bond acceptors (Lipinski definition) is 4. The zero-order valence-corrected chi connectivity index (χ0v) is 8.68. The van der Waals surface area contributed by atoms with Gasteiger partial charge in [0.05, 0.1) is 31.2 Å². The number of nitrogens with zero attached hydrogens (tertiary/aromatic N) is 3. The minimum Gasteiger partial charge on any atom is -0.378 e. The molecular weight excluding hydrogens is 190 g/mol. The van der Waals surface area contributed by atoms with E-state index in [1.54, 1.807) is 12.4 Å². The Kier molecular flexibility index (Phi) is 2.57. The lowest BCUT2D eigenvalue weighted by atomic mass is 9.87. The Morgan fingerprint density at radius 2 is 2.47 bits per heavy atom. The molecular formula is C11H13N3O. The van der Waals surface area contributed by atoms with Crippen LogP contribution in [-0.4, -0.2) is 31.8 Å². The highest BCUT2D eigenvalue weighted by molar-refractivity contribution is 5.43. The van der Waals surface area contributed by atoms with Crippen LogP contribution in [0.25, 0.3) is 0 Å². The Hall–Kier alpha value is -1.60. The van der Waals surface area contributed by atoms with Crippen LogP contribution >= 0.6 is 0 Å². The minimum absolute atomic E-state index is 0.329. The van der Waals surface area contributed by atoms with Crippen molar-refractivity contribution in [1.82, 2.24) is 4.98 Å². The Morgan fingerprint density at radius 3 is 2.93 bits per heavy atom. The van der Waals surface area contributed by atoms with Gasteiger partial charge in [-0.2, -0.15) is 5.26 Å². The maximum absolute atomic E-state index is 9.06. The van der Waals surface area contributed by atoms with E-state index in [4.69, 9.17) is 10.00 Å². The van der Waals surface area contributed by atoms with Gasteiger partial charge in [0.15, 0.2) is 0 Å². The van der Waals surface area contributed by atoms with E-state index in [-0.39, 0.29) is 5.41 Å². The fraction of sp³-hybridized carbons (Fsp3) is 0.455. The lowest BCUT2D eigenvalue weighted by molar-refractivity contribution is -0.0716. The number of nitriles is 1. The van der Waals surface area contributed by atoms with Gasteiger partial charge in [0.1, 0.15) is 5.41 Å². The van der Waals surface area contributed by atoms with Crippen LogP contribution in [0, 0.1) is 16.7 Å². The zero-order valence-electron chi connectivity index (χ0n) is 8.68. The molecule has 4 heteroatoms. The lowest BCUT2D eigenvalue weighted by Crippen LogP contribution is -2.49. The fourth-order valence-electron chi connectivity index (χ4n) is 1.66. The van der Waals surface area contributed by atoms with Gasteiger partial charge in [-0.25, -0.2) is 0 Å². The van der Waals surface area contributed by atoms with Gasteiger partial charge in [0.25, 0.3) is 0 Å². The summed E-state index contributed by atoms with van der Waals surface area (Å²) in [7, 11) is 1.97. The summed E-state index contributed by atoms with van der Waals surface area (Å²) in [4.78, 5) is 6.09. The molecule has 1 fully saturated rings. The first-order valence-corrected chi connectivity index (χ1v) is 4.86. The molecule has 4 nitrogen and oxygen atoms in total. The summed E-state index contributed by atoms with van der Waals surface area (Å²) in [6.45, 7) is 1.76. The smallest absolute Gasteiger partial charge is 0.121 e. The average Bonchev–Trinajstić information content (AvgIpc) is 2.24. The third-order valence-corrected chi connectivity index (χ3v) is 2.62. The summed E-state index contributed by atoms with van der Waals surface area (Å²) in [6, 6.07) is 6.20. The zero-order chi connectivity index (χ0) is 10.7. The van der Waals surface area contributed by atoms with E-state index in [0.29, 0.717) is 19.8 Å². The largest absolute Gasteiger partial charge is 0.378 e. The first-order valence-electron chi connectivity index (χ1n) is 4.86. The summed E-state index contributed by atoms with van der Waals surface area (Å²) >= 11 is 0. The summed E-state index contributed by atoms with van der Waals surface area (Å²) in [5, 5.41) is 9.06. The van der Waals surface area contributed by atoms with Gasteiger partial charge in [-0.05, 0) is 12.1 Å². The molecule has 0 unspecified atom stereocenters. The van der Waals surface area contributed by atoms with Crippen LogP contribution in [0.3, 0.4) is 0 Å². The second-order valence-corrected chi connectivity index (χ2v) is 3.95. The standard InChI is InChI=1S/C11H13N3O/c1-14(10-3-2-4-13-5-10)7-11(6-12)8-15-9-11/h2-5H,7-9H2,1H3. The molecule has 2 heterocycles. The molecule has 0 aliphatic carbocycles. The molecule has 0 aromatic carbocycles. The van der Waals surface area contributed by atoms with Gasteiger partial charge in [-0.3, -0.25) is 4.98 Å². The van der Waals surface area contributed by atoms with Crippen molar-refractivity contribution >= 4 is 5.69 Å². The van der Waals surface area contributed by atoms with Crippen molar-refractivity contribution in [3.63, 3.8) is 0 Å². The van der Waals surface area contributed by atoms with Crippen LogP contribution in [0.5, 0.6) is 0 Å². The maximum Gasteiger partial charge on any atom is 0.121 e. The van der Waals surface area contributed by atoms with Crippen molar-refractivity contribution in [2.75, 3.05) is 31.7 Å². The van der Waals surface area contributed by atoms with Crippen LogP contribution in [0.4, 0.5) is 5.69 Å². The molecule has 1 aromatic rings. The van der Waals surface area contributed by atoms with E-state index in [1.165, 1.54) is 0 Å². The first kappa shape index (κ1) is 9.94. The Labute approximate surface area is 89.1 Å². The predicted octanol–water partition coefficient (Wildman–Crippen LogP) is 1.06. The Bertz CT molecular complexity index is 367. The Morgan fingerprint density at radius 1 is 1.67 bits per heavy atom. The monoisotopic (exact) mass is 203 g/mol. The van der Waals surface area contributed by atoms with Gasteiger partial charge in [0, 0.05) is 19.8 Å². The highest BCUT2D eigenvalue weighted by Crippen LogP contribution is 2.28. The van der Waals surface area contributed by atoms with E-state index >= 15 is 0 Å². The van der Waals surface area contributed by atoms with E-state index < -0.39 is 0 Å². The molecule has 0 saturated carbocycles. The molecule has 1 saturated heterocycles. The van der Waals surface area contributed by atoms with Crippen LogP contribution in [0.2, 0.25) is 0 Å². The Balaban J connectivity index is 2.04. The average molecular weight is 203 g/mol. The summed E-state index contributed by atoms with van der Waals surface area (Å²) in [5.74, 6) is 0. The summed E-state index contributed by atoms with van der Waals surface area (Å²) in [6.07, 6.45) is 3.54. The number of rotatable bonds is 3. The van der Waals surface area contributed by atoms with Gasteiger partial charge >= 0.3 is 0 Å². The van der Waals surface area contributed by atoms with Crippen molar-refractivity contribution < 1.29 is 4.74 Å². The van der Waals surface area contributed by atoms with Crippen LogP contribution in [0.15, 0.2) is 24.5 Å². The predicted molar refractivity (Wildman–Crippen MR) is 56.4 cm³/mol. The van der Waals surface area contributed by atoms with Gasteiger partial charge in [-0.1, -0.05) is 0 Å². The van der Waals surface area contributed by atoms with Crippen LogP contribution in [-0.2, 0) is 4.74 Å². The molecule has 0 bridgehead atoms. The van der Waals surface area contributed by atoms with Crippen LogP contribution in [0.1, 0.15) is 0 Å². The molecule has 1 aromatic heterocycles. The van der Waals surface area contributed by atoms with Gasteiger partial charge in [0.2, 0.25) is 0 Å². The van der Waals surface area contributed by atoms with Gasteiger partial charge in [-0.15, -0.1) is 0 Å². The number of pyridine rings is 1. The summed E-state index contributed by atoms with van der Waals surface area (Å²) < 4.78 is 5.10.